The first-order valence-electron chi connectivity index (χ1n) is 5.78. The van der Waals surface area contributed by atoms with Crippen LogP contribution in [0.4, 0.5) is 0 Å². The lowest BCUT2D eigenvalue weighted by Crippen LogP contribution is -2.39. The zero-order valence-corrected chi connectivity index (χ0v) is 9.30. The molecule has 16 heavy (non-hydrogen) atoms. The van der Waals surface area contributed by atoms with E-state index in [0.717, 1.165) is 19.3 Å². The molecular weight excluding hydrogens is 204 g/mol. The summed E-state index contributed by atoms with van der Waals surface area (Å²) in [4.78, 5) is 11.8. The number of amides is 1. The number of nitrogens with two attached hydrogens (primary N) is 1. The molecule has 0 bridgehead atoms. The van der Waals surface area contributed by atoms with Gasteiger partial charge in [-0.2, -0.15) is 5.10 Å². The van der Waals surface area contributed by atoms with Gasteiger partial charge in [-0.05, 0) is 18.9 Å². The molecule has 1 aliphatic rings. The Hall–Kier alpha value is -1.36. The van der Waals surface area contributed by atoms with Crippen LogP contribution in [0.5, 0.6) is 0 Å². The van der Waals surface area contributed by atoms with E-state index in [1.807, 2.05) is 12.3 Å². The van der Waals surface area contributed by atoms with Crippen LogP contribution < -0.4 is 11.1 Å². The fraction of sp³-hybridized carbons (Fsp3) is 0.636. The highest BCUT2D eigenvalue weighted by Gasteiger charge is 2.29. The van der Waals surface area contributed by atoms with Crippen LogP contribution in [-0.2, 0) is 11.3 Å². The van der Waals surface area contributed by atoms with E-state index in [4.69, 9.17) is 5.73 Å². The molecule has 3 N–H and O–H groups in total. The summed E-state index contributed by atoms with van der Waals surface area (Å²) in [5.41, 5.74) is 5.87. The van der Waals surface area contributed by atoms with Crippen molar-refractivity contribution in [1.82, 2.24) is 15.1 Å². The maximum Gasteiger partial charge on any atom is 0.224 e. The molecule has 1 fully saturated rings. The van der Waals surface area contributed by atoms with Gasteiger partial charge in [0.25, 0.3) is 0 Å². The third kappa shape index (κ3) is 2.61. The lowest BCUT2D eigenvalue weighted by Gasteiger charge is -2.14. The summed E-state index contributed by atoms with van der Waals surface area (Å²) in [5.74, 6) is 0.106. The van der Waals surface area contributed by atoms with E-state index in [-0.39, 0.29) is 17.9 Å². The summed E-state index contributed by atoms with van der Waals surface area (Å²) < 4.78 is 1.80. The average molecular weight is 222 g/mol. The number of aromatic nitrogens is 2. The molecule has 1 aromatic rings. The molecule has 1 saturated carbocycles. The molecule has 1 heterocycles. The number of hydrogen-bond acceptors (Lipinski definition) is 3. The Balaban J connectivity index is 1.71. The Morgan fingerprint density at radius 1 is 1.56 bits per heavy atom. The SMILES string of the molecule is NC1CCCC1C(=O)NCCn1cccn1. The smallest absolute Gasteiger partial charge is 0.224 e. The molecule has 1 amide bonds. The Morgan fingerprint density at radius 2 is 2.44 bits per heavy atom. The monoisotopic (exact) mass is 222 g/mol. The molecule has 0 aliphatic heterocycles. The molecule has 88 valence electrons. The van der Waals surface area contributed by atoms with Gasteiger partial charge in [0.15, 0.2) is 0 Å². The van der Waals surface area contributed by atoms with Crippen molar-refractivity contribution in [3.8, 4) is 0 Å². The highest BCUT2D eigenvalue weighted by molar-refractivity contribution is 5.79. The number of rotatable bonds is 4. The molecule has 2 unspecified atom stereocenters. The van der Waals surface area contributed by atoms with Crippen LogP contribution in [0.15, 0.2) is 18.5 Å². The number of nitrogens with zero attached hydrogens (tertiary/aromatic N) is 2. The molecule has 5 nitrogen and oxygen atoms in total. The molecular formula is C11H18N4O. The van der Waals surface area contributed by atoms with Crippen molar-refractivity contribution in [3.63, 3.8) is 0 Å². The fourth-order valence-electron chi connectivity index (χ4n) is 2.17. The van der Waals surface area contributed by atoms with E-state index in [2.05, 4.69) is 10.4 Å². The van der Waals surface area contributed by atoms with Gasteiger partial charge in [-0.15, -0.1) is 0 Å². The molecule has 2 rings (SSSR count). The van der Waals surface area contributed by atoms with E-state index < -0.39 is 0 Å². The Morgan fingerprint density at radius 3 is 3.06 bits per heavy atom. The van der Waals surface area contributed by atoms with Gasteiger partial charge < -0.3 is 11.1 Å². The summed E-state index contributed by atoms with van der Waals surface area (Å²) in [6.07, 6.45) is 6.58. The van der Waals surface area contributed by atoms with E-state index in [0.29, 0.717) is 13.1 Å². The predicted molar refractivity (Wildman–Crippen MR) is 60.6 cm³/mol. The lowest BCUT2D eigenvalue weighted by atomic mass is 10.0. The van der Waals surface area contributed by atoms with Crippen LogP contribution in [0, 0.1) is 5.92 Å². The first kappa shape index (κ1) is 11.1. The Bertz CT molecular complexity index is 336. The van der Waals surface area contributed by atoms with Gasteiger partial charge in [0.05, 0.1) is 12.5 Å². The quantitative estimate of drug-likeness (QED) is 0.760. The van der Waals surface area contributed by atoms with Crippen molar-refractivity contribution in [2.24, 2.45) is 11.7 Å². The highest BCUT2D eigenvalue weighted by atomic mass is 16.1. The van der Waals surface area contributed by atoms with Crippen LogP contribution in [0.1, 0.15) is 19.3 Å². The minimum absolute atomic E-state index is 0.0117. The van der Waals surface area contributed by atoms with Gasteiger partial charge >= 0.3 is 0 Å². The molecule has 1 aliphatic carbocycles. The third-order valence-corrected chi connectivity index (χ3v) is 3.11. The number of nitrogens with one attached hydrogen (secondary N) is 1. The van der Waals surface area contributed by atoms with Crippen molar-refractivity contribution >= 4 is 5.91 Å². The minimum atomic E-state index is 0.0117. The van der Waals surface area contributed by atoms with Crippen LogP contribution in [0.25, 0.3) is 0 Å². The van der Waals surface area contributed by atoms with Crippen LogP contribution in [-0.4, -0.2) is 28.3 Å². The van der Waals surface area contributed by atoms with Crippen molar-refractivity contribution in [2.75, 3.05) is 6.54 Å². The van der Waals surface area contributed by atoms with Gasteiger partial charge in [-0.1, -0.05) is 6.42 Å². The van der Waals surface area contributed by atoms with Gasteiger partial charge in [0.2, 0.25) is 5.91 Å². The molecule has 0 saturated heterocycles. The standard InChI is InChI=1S/C11H18N4O/c12-10-4-1-3-9(10)11(16)13-6-8-15-7-2-5-14-15/h2,5,7,9-10H,1,3-4,6,8,12H2,(H,13,16). The van der Waals surface area contributed by atoms with E-state index in [1.54, 1.807) is 10.9 Å². The number of carbonyl (C=O) groups excluding carboxylic acids is 1. The first-order valence-corrected chi connectivity index (χ1v) is 5.78. The summed E-state index contributed by atoms with van der Waals surface area (Å²) in [6, 6.07) is 1.92. The van der Waals surface area contributed by atoms with Crippen molar-refractivity contribution in [3.05, 3.63) is 18.5 Å². The number of hydrogen-bond donors (Lipinski definition) is 2. The largest absolute Gasteiger partial charge is 0.354 e. The fourth-order valence-corrected chi connectivity index (χ4v) is 2.17. The average Bonchev–Trinajstić information content (AvgIpc) is 2.88. The van der Waals surface area contributed by atoms with Gasteiger partial charge in [0, 0.05) is 25.0 Å². The highest BCUT2D eigenvalue weighted by Crippen LogP contribution is 2.23. The zero-order valence-electron chi connectivity index (χ0n) is 9.30. The normalized spacial score (nSPS) is 24.6. The summed E-state index contributed by atoms with van der Waals surface area (Å²) in [6.45, 7) is 1.32. The van der Waals surface area contributed by atoms with Crippen molar-refractivity contribution < 1.29 is 4.79 Å². The molecule has 2 atom stereocenters. The summed E-state index contributed by atoms with van der Waals surface area (Å²) >= 11 is 0. The third-order valence-electron chi connectivity index (χ3n) is 3.11. The van der Waals surface area contributed by atoms with Gasteiger partial charge in [-0.3, -0.25) is 9.48 Å². The minimum Gasteiger partial charge on any atom is -0.354 e. The Kier molecular flexibility index (Phi) is 3.56. The van der Waals surface area contributed by atoms with Crippen molar-refractivity contribution in [2.45, 2.75) is 31.8 Å². The maximum absolute atomic E-state index is 11.8. The molecule has 5 heteroatoms. The molecule has 0 radical (unpaired) electrons. The second-order valence-electron chi connectivity index (χ2n) is 4.26. The first-order chi connectivity index (χ1) is 7.77. The second kappa shape index (κ2) is 5.12. The molecule has 0 aromatic carbocycles. The predicted octanol–water partition coefficient (Wildman–Crippen LogP) is 0.127. The maximum atomic E-state index is 11.8. The number of carbonyl (C=O) groups is 1. The van der Waals surface area contributed by atoms with Crippen molar-refractivity contribution in [1.29, 1.82) is 0 Å². The van der Waals surface area contributed by atoms with E-state index in [1.165, 1.54) is 0 Å². The van der Waals surface area contributed by atoms with Crippen LogP contribution in [0.3, 0.4) is 0 Å². The zero-order chi connectivity index (χ0) is 11.4. The second-order valence-corrected chi connectivity index (χ2v) is 4.26. The van der Waals surface area contributed by atoms with Crippen LogP contribution >= 0.6 is 0 Å². The molecule has 1 aromatic heterocycles. The summed E-state index contributed by atoms with van der Waals surface area (Å²) in [7, 11) is 0. The van der Waals surface area contributed by atoms with Gasteiger partial charge in [-0.25, -0.2) is 0 Å². The van der Waals surface area contributed by atoms with E-state index >= 15 is 0 Å². The van der Waals surface area contributed by atoms with E-state index in [9.17, 15) is 4.79 Å². The van der Waals surface area contributed by atoms with Gasteiger partial charge in [0.1, 0.15) is 0 Å². The topological polar surface area (TPSA) is 72.9 Å². The molecule has 0 spiro atoms. The summed E-state index contributed by atoms with van der Waals surface area (Å²) in [5, 5.41) is 6.98. The lowest BCUT2D eigenvalue weighted by molar-refractivity contribution is -0.125. The Labute approximate surface area is 95.0 Å². The van der Waals surface area contributed by atoms with Crippen LogP contribution in [0.2, 0.25) is 0 Å².